The van der Waals surface area contributed by atoms with Gasteiger partial charge in [-0.15, -0.1) is 0 Å². The first-order chi connectivity index (χ1) is 8.77. The summed E-state index contributed by atoms with van der Waals surface area (Å²) in [5, 5.41) is 4.26. The van der Waals surface area contributed by atoms with Gasteiger partial charge in [0.15, 0.2) is 0 Å². The van der Waals surface area contributed by atoms with Crippen molar-refractivity contribution < 1.29 is 4.74 Å². The molecule has 0 aliphatic rings. The van der Waals surface area contributed by atoms with Crippen molar-refractivity contribution in [2.75, 3.05) is 26.8 Å². The summed E-state index contributed by atoms with van der Waals surface area (Å²) in [6.07, 6.45) is 3.49. The van der Waals surface area contributed by atoms with Crippen LogP contribution in [0.1, 0.15) is 37.7 Å². The van der Waals surface area contributed by atoms with Gasteiger partial charge in [0.2, 0.25) is 0 Å². The zero-order valence-electron chi connectivity index (χ0n) is 11.4. The summed E-state index contributed by atoms with van der Waals surface area (Å²) in [5.41, 5.74) is 1.33. The number of hydrogen-bond donors (Lipinski definition) is 1. The maximum absolute atomic E-state index is 6.07. The van der Waals surface area contributed by atoms with Gasteiger partial charge in [-0.05, 0) is 43.0 Å². The van der Waals surface area contributed by atoms with Crippen molar-refractivity contribution in [3.8, 4) is 0 Å². The van der Waals surface area contributed by atoms with Gasteiger partial charge in [-0.3, -0.25) is 0 Å². The van der Waals surface area contributed by atoms with Crippen molar-refractivity contribution in [1.82, 2.24) is 5.32 Å². The highest BCUT2D eigenvalue weighted by Crippen LogP contribution is 2.24. The Labute approximate surface area is 116 Å². The first kappa shape index (κ1) is 15.5. The van der Waals surface area contributed by atoms with Gasteiger partial charge in [-0.25, -0.2) is 0 Å². The van der Waals surface area contributed by atoms with Crippen LogP contribution in [0.15, 0.2) is 24.3 Å². The summed E-state index contributed by atoms with van der Waals surface area (Å²) in [5.74, 6) is 0.542. The molecule has 2 nitrogen and oxygen atoms in total. The van der Waals surface area contributed by atoms with Crippen LogP contribution >= 0.6 is 11.6 Å². The van der Waals surface area contributed by atoms with Crippen LogP contribution in [0.25, 0.3) is 0 Å². The fraction of sp³-hybridized carbons (Fsp3) is 0.600. The first-order valence-corrected chi connectivity index (χ1v) is 7.10. The van der Waals surface area contributed by atoms with Crippen molar-refractivity contribution in [2.45, 2.75) is 32.1 Å². The van der Waals surface area contributed by atoms with Gasteiger partial charge in [0.05, 0.1) is 0 Å². The van der Waals surface area contributed by atoms with Gasteiger partial charge < -0.3 is 10.1 Å². The molecule has 1 aromatic carbocycles. The van der Waals surface area contributed by atoms with Gasteiger partial charge in [-0.1, -0.05) is 37.1 Å². The lowest BCUT2D eigenvalue weighted by atomic mass is 9.93. The molecule has 0 saturated heterocycles. The summed E-state index contributed by atoms with van der Waals surface area (Å²) in [7, 11) is 1.76. The van der Waals surface area contributed by atoms with E-state index in [2.05, 4.69) is 24.4 Å². The molecule has 0 amide bonds. The highest BCUT2D eigenvalue weighted by Gasteiger charge is 2.11. The molecule has 0 bridgehead atoms. The fourth-order valence-corrected chi connectivity index (χ4v) is 2.30. The number of likely N-dealkylation sites (N-methyl/N-ethyl adjacent to an activating group) is 1. The number of ether oxygens (including phenoxy) is 1. The Hall–Kier alpha value is -0.570. The Morgan fingerprint density at radius 1 is 1.33 bits per heavy atom. The van der Waals surface area contributed by atoms with E-state index in [1.54, 1.807) is 7.11 Å². The molecule has 3 heteroatoms. The molecule has 1 rings (SSSR count). The predicted molar refractivity (Wildman–Crippen MR) is 78.5 cm³/mol. The van der Waals surface area contributed by atoms with Crippen LogP contribution in [0.5, 0.6) is 0 Å². The van der Waals surface area contributed by atoms with E-state index in [9.17, 15) is 0 Å². The molecule has 1 unspecified atom stereocenters. The lowest BCUT2D eigenvalue weighted by molar-refractivity contribution is 0.191. The van der Waals surface area contributed by atoms with Crippen molar-refractivity contribution in [3.05, 3.63) is 34.9 Å². The number of benzene rings is 1. The monoisotopic (exact) mass is 269 g/mol. The van der Waals surface area contributed by atoms with Gasteiger partial charge in [-0.2, -0.15) is 0 Å². The first-order valence-electron chi connectivity index (χ1n) is 6.73. The Balaban J connectivity index is 2.54. The van der Waals surface area contributed by atoms with E-state index in [1.165, 1.54) is 18.4 Å². The molecule has 1 aromatic rings. The van der Waals surface area contributed by atoms with E-state index in [4.69, 9.17) is 16.3 Å². The van der Waals surface area contributed by atoms with Gasteiger partial charge >= 0.3 is 0 Å². The molecule has 102 valence electrons. The molecule has 0 radical (unpaired) electrons. The predicted octanol–water partition coefficient (Wildman–Crippen LogP) is 3.85. The number of nitrogens with one attached hydrogen (secondary N) is 1. The molecule has 1 atom stereocenters. The van der Waals surface area contributed by atoms with E-state index in [0.29, 0.717) is 5.92 Å². The Bertz CT molecular complexity index is 330. The quantitative estimate of drug-likeness (QED) is 0.688. The van der Waals surface area contributed by atoms with Gasteiger partial charge in [0, 0.05) is 25.3 Å². The van der Waals surface area contributed by atoms with E-state index in [1.807, 2.05) is 12.1 Å². The van der Waals surface area contributed by atoms with Crippen LogP contribution in [0.4, 0.5) is 0 Å². The van der Waals surface area contributed by atoms with Crippen molar-refractivity contribution in [1.29, 1.82) is 0 Å². The van der Waals surface area contributed by atoms with Crippen LogP contribution < -0.4 is 5.32 Å². The number of hydrogen-bond acceptors (Lipinski definition) is 2. The van der Waals surface area contributed by atoms with Gasteiger partial charge in [0.1, 0.15) is 0 Å². The molecule has 18 heavy (non-hydrogen) atoms. The summed E-state index contributed by atoms with van der Waals surface area (Å²) in [6, 6.07) is 8.22. The number of unbranched alkanes of at least 4 members (excludes halogenated alkanes) is 1. The summed E-state index contributed by atoms with van der Waals surface area (Å²) in [4.78, 5) is 0. The molecule has 0 spiro atoms. The molecule has 0 fully saturated rings. The normalized spacial score (nSPS) is 12.6. The van der Waals surface area contributed by atoms with E-state index >= 15 is 0 Å². The third-order valence-corrected chi connectivity index (χ3v) is 3.35. The molecular weight excluding hydrogens is 246 g/mol. The molecular formula is C15H24ClNO. The minimum atomic E-state index is 0.542. The van der Waals surface area contributed by atoms with E-state index in [0.717, 1.165) is 31.1 Å². The number of halogens is 1. The fourth-order valence-electron chi connectivity index (χ4n) is 2.10. The highest BCUT2D eigenvalue weighted by atomic mass is 35.5. The van der Waals surface area contributed by atoms with Crippen molar-refractivity contribution >= 4 is 11.6 Å². The van der Waals surface area contributed by atoms with Crippen LogP contribution in [0, 0.1) is 0 Å². The Kier molecular flexibility index (Phi) is 8.06. The Morgan fingerprint density at radius 2 is 2.17 bits per heavy atom. The van der Waals surface area contributed by atoms with Crippen LogP contribution in [-0.2, 0) is 4.74 Å². The second-order valence-electron chi connectivity index (χ2n) is 4.55. The van der Waals surface area contributed by atoms with Crippen LogP contribution in [-0.4, -0.2) is 26.8 Å². The maximum Gasteiger partial charge on any atom is 0.0462 e. The molecule has 0 heterocycles. The third kappa shape index (κ3) is 5.85. The third-order valence-electron chi connectivity index (χ3n) is 3.11. The molecule has 0 aliphatic heterocycles. The van der Waals surface area contributed by atoms with Crippen LogP contribution in [0.3, 0.4) is 0 Å². The van der Waals surface area contributed by atoms with Gasteiger partial charge in [0.25, 0.3) is 0 Å². The molecule has 0 aliphatic carbocycles. The average Bonchev–Trinajstić information content (AvgIpc) is 2.38. The maximum atomic E-state index is 6.07. The SMILES string of the molecule is CCNCC(CCCCOC)c1cccc(Cl)c1. The summed E-state index contributed by atoms with van der Waals surface area (Å²) >= 11 is 6.07. The lowest BCUT2D eigenvalue weighted by Gasteiger charge is -2.18. The summed E-state index contributed by atoms with van der Waals surface area (Å²) in [6.45, 7) is 5.02. The zero-order chi connectivity index (χ0) is 13.2. The highest BCUT2D eigenvalue weighted by molar-refractivity contribution is 6.30. The van der Waals surface area contributed by atoms with E-state index < -0.39 is 0 Å². The minimum Gasteiger partial charge on any atom is -0.385 e. The largest absolute Gasteiger partial charge is 0.385 e. The van der Waals surface area contributed by atoms with Crippen molar-refractivity contribution in [3.63, 3.8) is 0 Å². The summed E-state index contributed by atoms with van der Waals surface area (Å²) < 4.78 is 5.09. The van der Waals surface area contributed by atoms with Crippen LogP contribution in [0.2, 0.25) is 5.02 Å². The second-order valence-corrected chi connectivity index (χ2v) is 4.98. The standard InChI is InChI=1S/C15H24ClNO/c1-3-17-12-14(7-4-5-10-18-2)13-8-6-9-15(16)11-13/h6,8-9,11,14,17H,3-5,7,10,12H2,1-2H3. The molecule has 1 N–H and O–H groups in total. The second kappa shape index (κ2) is 9.37. The average molecular weight is 270 g/mol. The lowest BCUT2D eigenvalue weighted by Crippen LogP contribution is -2.21. The Morgan fingerprint density at radius 3 is 2.83 bits per heavy atom. The van der Waals surface area contributed by atoms with E-state index in [-0.39, 0.29) is 0 Å². The minimum absolute atomic E-state index is 0.542. The topological polar surface area (TPSA) is 21.3 Å². The van der Waals surface area contributed by atoms with Crippen molar-refractivity contribution in [2.24, 2.45) is 0 Å². The molecule has 0 saturated carbocycles. The smallest absolute Gasteiger partial charge is 0.0462 e. The molecule has 0 aromatic heterocycles. The zero-order valence-corrected chi connectivity index (χ0v) is 12.2. The number of rotatable bonds is 9. The number of methoxy groups -OCH3 is 1.